The Hall–Kier alpha value is -1.97. The number of rotatable bonds is 4. The first-order chi connectivity index (χ1) is 13.6. The average Bonchev–Trinajstić information content (AvgIpc) is 3.20. The van der Waals surface area contributed by atoms with Crippen LogP contribution in [0.15, 0.2) is 6.33 Å². The Kier molecular flexibility index (Phi) is 5.65. The molecule has 28 heavy (non-hydrogen) atoms. The van der Waals surface area contributed by atoms with Crippen LogP contribution in [0.2, 0.25) is 0 Å². The lowest BCUT2D eigenvalue weighted by atomic mass is 9.78. The fourth-order valence-corrected chi connectivity index (χ4v) is 4.75. The number of amides is 2. The highest BCUT2D eigenvalue weighted by molar-refractivity contribution is 5.79. The summed E-state index contributed by atoms with van der Waals surface area (Å²) in [6.45, 7) is 4.15. The summed E-state index contributed by atoms with van der Waals surface area (Å²) in [5.74, 6) is 0.106. The monoisotopic (exact) mass is 391 g/mol. The van der Waals surface area contributed by atoms with Crippen molar-refractivity contribution >= 4 is 11.8 Å². The van der Waals surface area contributed by atoms with Crippen molar-refractivity contribution < 1.29 is 19.1 Å². The van der Waals surface area contributed by atoms with E-state index in [-0.39, 0.29) is 24.5 Å². The molecule has 3 aliphatic rings. The van der Waals surface area contributed by atoms with Gasteiger partial charge in [-0.25, -0.2) is 4.98 Å². The number of fused-ring (bicyclic) bond motifs is 2. The Morgan fingerprint density at radius 2 is 2.14 bits per heavy atom. The minimum atomic E-state index is -0.455. The predicted octanol–water partition coefficient (Wildman–Crippen LogP) is -0.363. The summed E-state index contributed by atoms with van der Waals surface area (Å²) in [6.07, 6.45) is 4.21. The van der Waals surface area contributed by atoms with Crippen LogP contribution in [-0.4, -0.2) is 90.7 Å². The van der Waals surface area contributed by atoms with Crippen molar-refractivity contribution in [3.8, 4) is 0 Å². The molecule has 2 amide bonds. The number of hydrogen-bond donors (Lipinski definition) is 2. The Labute approximate surface area is 164 Å². The predicted molar refractivity (Wildman–Crippen MR) is 101 cm³/mol. The highest BCUT2D eigenvalue weighted by atomic mass is 16.5. The molecule has 2 N–H and O–H groups in total. The number of carbonyl (C=O) groups excluding carboxylic acids is 2. The van der Waals surface area contributed by atoms with Gasteiger partial charge in [-0.05, 0) is 12.8 Å². The summed E-state index contributed by atoms with van der Waals surface area (Å²) >= 11 is 0. The third-order valence-electron chi connectivity index (χ3n) is 6.18. The van der Waals surface area contributed by atoms with Crippen LogP contribution in [0.4, 0.5) is 0 Å². The Balaban J connectivity index is 1.47. The number of aromatic nitrogens is 2. The normalized spacial score (nSPS) is 24.2. The zero-order valence-corrected chi connectivity index (χ0v) is 16.4. The van der Waals surface area contributed by atoms with Crippen LogP contribution in [0.3, 0.4) is 0 Å². The molecule has 0 radical (unpaired) electrons. The van der Waals surface area contributed by atoms with Crippen molar-refractivity contribution in [3.05, 3.63) is 17.7 Å². The van der Waals surface area contributed by atoms with Gasteiger partial charge in [-0.2, -0.15) is 0 Å². The van der Waals surface area contributed by atoms with Gasteiger partial charge in [-0.3, -0.25) is 9.59 Å². The molecule has 2 fully saturated rings. The molecule has 4 rings (SSSR count). The second-order valence-corrected chi connectivity index (χ2v) is 7.77. The number of nitrogens with zero attached hydrogens (tertiary/aromatic N) is 3. The molecule has 1 aromatic rings. The maximum absolute atomic E-state index is 12.7. The summed E-state index contributed by atoms with van der Waals surface area (Å²) in [6, 6.07) is 0. The van der Waals surface area contributed by atoms with Gasteiger partial charge in [0, 0.05) is 51.9 Å². The molecule has 0 aromatic carbocycles. The average molecular weight is 391 g/mol. The van der Waals surface area contributed by atoms with Crippen LogP contribution in [-0.2, 0) is 31.0 Å². The summed E-state index contributed by atoms with van der Waals surface area (Å²) < 4.78 is 10.8. The lowest BCUT2D eigenvalue weighted by Crippen LogP contribution is -2.59. The molecule has 1 atom stereocenters. The number of nitrogens with one attached hydrogen (secondary N) is 2. The summed E-state index contributed by atoms with van der Waals surface area (Å²) in [7, 11) is 1.54. The maximum atomic E-state index is 12.7. The van der Waals surface area contributed by atoms with Crippen molar-refractivity contribution in [1.29, 1.82) is 0 Å². The van der Waals surface area contributed by atoms with E-state index in [1.807, 2.05) is 9.80 Å². The second-order valence-electron chi connectivity index (χ2n) is 7.77. The van der Waals surface area contributed by atoms with Crippen molar-refractivity contribution in [3.63, 3.8) is 0 Å². The molecule has 154 valence electrons. The van der Waals surface area contributed by atoms with Crippen molar-refractivity contribution in [2.24, 2.45) is 0 Å². The van der Waals surface area contributed by atoms with Crippen LogP contribution in [0.25, 0.3) is 0 Å². The molecule has 1 unspecified atom stereocenters. The molecule has 0 aliphatic carbocycles. The highest BCUT2D eigenvalue weighted by Crippen LogP contribution is 2.42. The van der Waals surface area contributed by atoms with Crippen LogP contribution >= 0.6 is 0 Å². The van der Waals surface area contributed by atoms with Crippen LogP contribution in [0.5, 0.6) is 0 Å². The van der Waals surface area contributed by atoms with Crippen molar-refractivity contribution in [2.45, 2.75) is 37.3 Å². The number of imidazole rings is 1. The fourth-order valence-electron chi connectivity index (χ4n) is 4.75. The number of piperidine rings is 1. The quantitative estimate of drug-likeness (QED) is 0.727. The molecule has 9 nitrogen and oxygen atoms in total. The minimum absolute atomic E-state index is 0.0161. The third-order valence-corrected chi connectivity index (χ3v) is 6.18. The molecular weight excluding hydrogens is 362 g/mol. The van der Waals surface area contributed by atoms with E-state index in [1.54, 1.807) is 6.33 Å². The molecule has 3 aliphatic heterocycles. The zero-order valence-electron chi connectivity index (χ0n) is 16.4. The smallest absolute Gasteiger partial charge is 0.249 e. The van der Waals surface area contributed by atoms with E-state index < -0.39 is 5.54 Å². The minimum Gasteiger partial charge on any atom is -0.375 e. The van der Waals surface area contributed by atoms with Gasteiger partial charge in [0.2, 0.25) is 11.8 Å². The molecule has 2 saturated heterocycles. The Morgan fingerprint density at radius 3 is 2.86 bits per heavy atom. The second kappa shape index (κ2) is 8.18. The first kappa shape index (κ1) is 19.4. The van der Waals surface area contributed by atoms with Gasteiger partial charge in [-0.15, -0.1) is 0 Å². The number of methoxy groups -OCH3 is 1. The zero-order chi connectivity index (χ0) is 19.6. The van der Waals surface area contributed by atoms with Crippen LogP contribution < -0.4 is 5.32 Å². The van der Waals surface area contributed by atoms with E-state index >= 15 is 0 Å². The van der Waals surface area contributed by atoms with Crippen molar-refractivity contribution in [2.75, 3.05) is 53.0 Å². The van der Waals surface area contributed by atoms with Gasteiger partial charge in [0.15, 0.2) is 0 Å². The lowest BCUT2D eigenvalue weighted by molar-refractivity contribution is -0.148. The van der Waals surface area contributed by atoms with E-state index in [2.05, 4.69) is 15.3 Å². The number of aromatic amines is 1. The van der Waals surface area contributed by atoms with Gasteiger partial charge in [0.25, 0.3) is 0 Å². The molecule has 9 heteroatoms. The highest BCUT2D eigenvalue weighted by Gasteiger charge is 2.49. The first-order valence-corrected chi connectivity index (χ1v) is 10.1. The van der Waals surface area contributed by atoms with Gasteiger partial charge < -0.3 is 29.6 Å². The number of morpholine rings is 1. The van der Waals surface area contributed by atoms with Gasteiger partial charge in [0.05, 0.1) is 36.7 Å². The van der Waals surface area contributed by atoms with Crippen LogP contribution in [0.1, 0.15) is 30.7 Å². The van der Waals surface area contributed by atoms with Gasteiger partial charge in [0.1, 0.15) is 6.61 Å². The summed E-state index contributed by atoms with van der Waals surface area (Å²) in [5, 5.41) is 3.26. The van der Waals surface area contributed by atoms with Crippen molar-refractivity contribution in [1.82, 2.24) is 25.1 Å². The van der Waals surface area contributed by atoms with E-state index in [1.165, 1.54) is 7.11 Å². The third kappa shape index (κ3) is 3.54. The maximum Gasteiger partial charge on any atom is 0.249 e. The van der Waals surface area contributed by atoms with Gasteiger partial charge in [-0.1, -0.05) is 0 Å². The lowest BCUT2D eigenvalue weighted by Gasteiger charge is -2.50. The SMILES string of the molecule is COCC(=O)N1CCc2[nH]cnc2C12CCN(C(=O)CC1CNCCO1)CC2. The number of carbonyl (C=O) groups is 2. The molecule has 0 bridgehead atoms. The molecule has 1 aromatic heterocycles. The van der Waals surface area contributed by atoms with E-state index in [0.29, 0.717) is 45.5 Å². The number of ether oxygens (including phenoxy) is 2. The van der Waals surface area contributed by atoms with E-state index in [0.717, 1.165) is 30.9 Å². The molecule has 1 spiro atoms. The van der Waals surface area contributed by atoms with Gasteiger partial charge >= 0.3 is 0 Å². The number of likely N-dealkylation sites (tertiary alicyclic amines) is 1. The fraction of sp³-hybridized carbons (Fsp3) is 0.737. The molecular formula is C19H29N5O4. The van der Waals surface area contributed by atoms with E-state index in [9.17, 15) is 9.59 Å². The Morgan fingerprint density at radius 1 is 1.32 bits per heavy atom. The summed E-state index contributed by atoms with van der Waals surface area (Å²) in [4.78, 5) is 37.1. The standard InChI is InChI=1S/C19H29N5O4/c1-27-12-17(26)24-6-2-15-18(22-13-21-15)19(24)3-7-23(8-4-19)16(25)10-14-11-20-5-9-28-14/h13-14,20H,2-12H2,1H3,(H,21,22). The molecule has 4 heterocycles. The Bertz CT molecular complexity index is 707. The summed E-state index contributed by atoms with van der Waals surface area (Å²) in [5.41, 5.74) is 1.60. The largest absolute Gasteiger partial charge is 0.375 e. The molecule has 0 saturated carbocycles. The van der Waals surface area contributed by atoms with Crippen LogP contribution in [0, 0.1) is 0 Å². The first-order valence-electron chi connectivity index (χ1n) is 10.1. The topological polar surface area (TPSA) is 99.8 Å². The number of H-pyrrole nitrogens is 1. The number of hydrogen-bond acceptors (Lipinski definition) is 6. The van der Waals surface area contributed by atoms with E-state index in [4.69, 9.17) is 9.47 Å².